The third-order valence-electron chi connectivity index (χ3n) is 5.36. The molecule has 1 aliphatic rings. The quantitative estimate of drug-likeness (QED) is 0.490. The van der Waals surface area contributed by atoms with Crippen LogP contribution in [0.5, 0.6) is 11.5 Å². The van der Waals surface area contributed by atoms with Crippen molar-refractivity contribution in [3.8, 4) is 11.5 Å². The topological polar surface area (TPSA) is 65.7 Å². The van der Waals surface area contributed by atoms with Gasteiger partial charge in [0.15, 0.2) is 12.4 Å². The standard InChI is InChI=1S/C23H22O5/c1-14-21(27-13-20(24)15-7-9-16(26-2)10-8-15)12-11-18-17-5-3-4-6-19(17)23(25)28-22(14)18/h7-12H,3-6,13H2,1-2H3. The van der Waals surface area contributed by atoms with Crippen molar-refractivity contribution in [1.29, 1.82) is 0 Å². The van der Waals surface area contributed by atoms with Gasteiger partial charge in [-0.05, 0) is 74.6 Å². The Morgan fingerprint density at radius 3 is 2.46 bits per heavy atom. The summed E-state index contributed by atoms with van der Waals surface area (Å²) < 4.78 is 16.5. The van der Waals surface area contributed by atoms with E-state index in [-0.39, 0.29) is 18.0 Å². The number of aryl methyl sites for hydroxylation is 2. The first kappa shape index (κ1) is 18.3. The molecule has 0 unspecified atom stereocenters. The molecule has 0 atom stereocenters. The highest BCUT2D eigenvalue weighted by Gasteiger charge is 2.20. The van der Waals surface area contributed by atoms with Crippen molar-refractivity contribution in [3.05, 3.63) is 69.1 Å². The summed E-state index contributed by atoms with van der Waals surface area (Å²) in [6, 6.07) is 10.7. The summed E-state index contributed by atoms with van der Waals surface area (Å²) in [5.74, 6) is 1.11. The van der Waals surface area contributed by atoms with Crippen LogP contribution in [0.15, 0.2) is 45.6 Å². The number of hydrogen-bond acceptors (Lipinski definition) is 5. The number of methoxy groups -OCH3 is 1. The minimum Gasteiger partial charge on any atom is -0.497 e. The second-order valence-electron chi connectivity index (χ2n) is 7.06. The second kappa shape index (κ2) is 7.50. The lowest BCUT2D eigenvalue weighted by molar-refractivity contribution is 0.0921. The van der Waals surface area contributed by atoms with Gasteiger partial charge in [0.2, 0.25) is 0 Å². The van der Waals surface area contributed by atoms with Gasteiger partial charge in [-0.15, -0.1) is 0 Å². The fourth-order valence-corrected chi connectivity index (χ4v) is 3.78. The second-order valence-corrected chi connectivity index (χ2v) is 7.06. The van der Waals surface area contributed by atoms with Crippen LogP contribution >= 0.6 is 0 Å². The number of Topliss-reactive ketones (excluding diaryl/α,β-unsaturated/α-hetero) is 1. The molecule has 2 aromatic carbocycles. The molecule has 1 aliphatic carbocycles. The molecule has 0 fully saturated rings. The third-order valence-corrected chi connectivity index (χ3v) is 5.36. The molecule has 0 bridgehead atoms. The lowest BCUT2D eigenvalue weighted by atomic mass is 9.90. The molecule has 5 heteroatoms. The van der Waals surface area contributed by atoms with Gasteiger partial charge in [0, 0.05) is 22.1 Å². The van der Waals surface area contributed by atoms with Crippen LogP contribution < -0.4 is 15.1 Å². The monoisotopic (exact) mass is 378 g/mol. The molecular weight excluding hydrogens is 356 g/mol. The van der Waals surface area contributed by atoms with Crippen molar-refractivity contribution in [3.63, 3.8) is 0 Å². The van der Waals surface area contributed by atoms with E-state index < -0.39 is 0 Å². The summed E-state index contributed by atoms with van der Waals surface area (Å²) in [7, 11) is 1.58. The van der Waals surface area contributed by atoms with Crippen LogP contribution in [-0.4, -0.2) is 19.5 Å². The Labute approximate surface area is 162 Å². The fourth-order valence-electron chi connectivity index (χ4n) is 3.78. The third kappa shape index (κ3) is 3.28. The normalized spacial score (nSPS) is 13.2. The number of rotatable bonds is 5. The first-order chi connectivity index (χ1) is 13.6. The van der Waals surface area contributed by atoms with E-state index in [9.17, 15) is 9.59 Å². The summed E-state index contributed by atoms with van der Waals surface area (Å²) in [6.07, 6.45) is 3.78. The number of carbonyl (C=O) groups is 1. The van der Waals surface area contributed by atoms with E-state index in [2.05, 4.69) is 0 Å². The molecule has 1 aromatic heterocycles. The number of fused-ring (bicyclic) bond motifs is 3. The van der Waals surface area contributed by atoms with Gasteiger partial charge < -0.3 is 13.9 Å². The number of ether oxygens (including phenoxy) is 2. The highest BCUT2D eigenvalue weighted by atomic mass is 16.5. The lowest BCUT2D eigenvalue weighted by Gasteiger charge is -2.18. The van der Waals surface area contributed by atoms with Crippen LogP contribution in [-0.2, 0) is 12.8 Å². The molecule has 0 aliphatic heterocycles. The van der Waals surface area contributed by atoms with Gasteiger partial charge in [0.1, 0.15) is 17.1 Å². The molecule has 0 radical (unpaired) electrons. The molecule has 5 nitrogen and oxygen atoms in total. The van der Waals surface area contributed by atoms with E-state index in [4.69, 9.17) is 13.9 Å². The highest BCUT2D eigenvalue weighted by molar-refractivity contribution is 5.97. The Morgan fingerprint density at radius 1 is 1.04 bits per heavy atom. The maximum Gasteiger partial charge on any atom is 0.339 e. The van der Waals surface area contributed by atoms with Gasteiger partial charge in [-0.3, -0.25) is 4.79 Å². The predicted octanol–water partition coefficient (Wildman–Crippen LogP) is 4.25. The molecule has 0 saturated heterocycles. The van der Waals surface area contributed by atoms with Gasteiger partial charge in [-0.1, -0.05) is 0 Å². The maximum absolute atomic E-state index is 12.4. The van der Waals surface area contributed by atoms with Crippen LogP contribution in [0.4, 0.5) is 0 Å². The van der Waals surface area contributed by atoms with Crippen molar-refractivity contribution < 1.29 is 18.7 Å². The van der Waals surface area contributed by atoms with Crippen LogP contribution in [0.3, 0.4) is 0 Å². The van der Waals surface area contributed by atoms with Gasteiger partial charge in [0.25, 0.3) is 0 Å². The van der Waals surface area contributed by atoms with Crippen LogP contribution in [0.25, 0.3) is 11.0 Å². The van der Waals surface area contributed by atoms with Crippen molar-refractivity contribution in [2.75, 3.05) is 13.7 Å². The SMILES string of the molecule is COc1ccc(C(=O)COc2ccc3c4c(c(=O)oc3c2C)CCCC4)cc1. The van der Waals surface area contributed by atoms with E-state index in [0.29, 0.717) is 22.6 Å². The van der Waals surface area contributed by atoms with E-state index in [1.165, 1.54) is 0 Å². The molecular formula is C23H22O5. The average molecular weight is 378 g/mol. The Bertz CT molecular complexity index is 1090. The van der Waals surface area contributed by atoms with Crippen LogP contribution in [0.2, 0.25) is 0 Å². The summed E-state index contributed by atoms with van der Waals surface area (Å²) >= 11 is 0. The van der Waals surface area contributed by atoms with E-state index >= 15 is 0 Å². The maximum atomic E-state index is 12.4. The minimum absolute atomic E-state index is 0.0894. The molecule has 144 valence electrons. The van der Waals surface area contributed by atoms with Crippen LogP contribution in [0.1, 0.15) is 39.9 Å². The molecule has 28 heavy (non-hydrogen) atoms. The molecule has 0 amide bonds. The molecule has 0 saturated carbocycles. The highest BCUT2D eigenvalue weighted by Crippen LogP contribution is 2.32. The van der Waals surface area contributed by atoms with Crippen LogP contribution in [0, 0.1) is 6.92 Å². The summed E-state index contributed by atoms with van der Waals surface area (Å²) in [5.41, 5.74) is 3.50. The average Bonchev–Trinajstić information content (AvgIpc) is 2.74. The lowest BCUT2D eigenvalue weighted by Crippen LogP contribution is -2.16. The van der Waals surface area contributed by atoms with Gasteiger partial charge in [-0.25, -0.2) is 4.79 Å². The molecule has 0 N–H and O–H groups in total. The van der Waals surface area contributed by atoms with E-state index in [1.807, 2.05) is 19.1 Å². The fraction of sp³-hybridized carbons (Fsp3) is 0.304. The smallest absolute Gasteiger partial charge is 0.339 e. The van der Waals surface area contributed by atoms with Gasteiger partial charge >= 0.3 is 5.63 Å². The zero-order valence-corrected chi connectivity index (χ0v) is 16.0. The first-order valence-corrected chi connectivity index (χ1v) is 9.46. The van der Waals surface area contributed by atoms with E-state index in [0.717, 1.165) is 47.8 Å². The van der Waals surface area contributed by atoms with Crippen molar-refractivity contribution in [2.45, 2.75) is 32.6 Å². The Hall–Kier alpha value is -3.08. The van der Waals surface area contributed by atoms with E-state index in [1.54, 1.807) is 31.4 Å². The predicted molar refractivity (Wildman–Crippen MR) is 107 cm³/mol. The van der Waals surface area contributed by atoms with Crippen molar-refractivity contribution in [1.82, 2.24) is 0 Å². The summed E-state index contributed by atoms with van der Waals surface area (Å²) in [4.78, 5) is 24.8. The van der Waals surface area contributed by atoms with Crippen molar-refractivity contribution in [2.24, 2.45) is 0 Å². The largest absolute Gasteiger partial charge is 0.497 e. The van der Waals surface area contributed by atoms with Gasteiger partial charge in [-0.2, -0.15) is 0 Å². The Morgan fingerprint density at radius 2 is 1.75 bits per heavy atom. The van der Waals surface area contributed by atoms with Gasteiger partial charge in [0.05, 0.1) is 7.11 Å². The number of hydrogen-bond donors (Lipinski definition) is 0. The Balaban J connectivity index is 1.60. The minimum atomic E-state index is -0.253. The zero-order valence-electron chi connectivity index (χ0n) is 16.0. The molecule has 0 spiro atoms. The summed E-state index contributed by atoms with van der Waals surface area (Å²) in [5, 5.41) is 0.973. The first-order valence-electron chi connectivity index (χ1n) is 9.46. The zero-order chi connectivity index (χ0) is 19.7. The molecule has 1 heterocycles. The molecule has 4 rings (SSSR count). The number of carbonyl (C=O) groups excluding carboxylic acids is 1. The Kier molecular flexibility index (Phi) is 4.90. The molecule has 3 aromatic rings. The van der Waals surface area contributed by atoms with Crippen molar-refractivity contribution >= 4 is 16.8 Å². The number of ketones is 1. The summed E-state index contributed by atoms with van der Waals surface area (Å²) in [6.45, 7) is 1.77. The number of benzene rings is 2.